The maximum Gasteiger partial charge on any atom is 0.356 e. The van der Waals surface area contributed by atoms with Crippen molar-refractivity contribution in [3.63, 3.8) is 0 Å². The minimum atomic E-state index is -0.963. The third-order valence-corrected chi connectivity index (χ3v) is 3.55. The second-order valence-electron chi connectivity index (χ2n) is 4.93. The van der Waals surface area contributed by atoms with Crippen molar-refractivity contribution in [3.8, 4) is 5.69 Å². The first-order valence-corrected chi connectivity index (χ1v) is 6.62. The van der Waals surface area contributed by atoms with E-state index in [-0.39, 0.29) is 5.69 Å². The molecule has 1 fully saturated rings. The third kappa shape index (κ3) is 2.14. The largest absolute Gasteiger partial charge is 0.476 e. The zero-order valence-electron chi connectivity index (χ0n) is 10.8. The van der Waals surface area contributed by atoms with Crippen LogP contribution in [0.1, 0.15) is 47.4 Å². The molecule has 0 spiro atoms. The molecule has 2 aromatic rings. The van der Waals surface area contributed by atoms with Gasteiger partial charge in [-0.25, -0.2) is 9.48 Å². The van der Waals surface area contributed by atoms with E-state index in [1.54, 1.807) is 6.07 Å². The summed E-state index contributed by atoms with van der Waals surface area (Å²) in [6.45, 7) is 2.09. The highest BCUT2D eigenvalue weighted by Gasteiger charge is 2.30. The number of rotatable bonds is 4. The minimum absolute atomic E-state index is 0.132. The van der Waals surface area contributed by atoms with Crippen LogP contribution >= 0.6 is 0 Å². The van der Waals surface area contributed by atoms with Crippen molar-refractivity contribution in [1.29, 1.82) is 0 Å². The van der Waals surface area contributed by atoms with Crippen LogP contribution in [0.4, 0.5) is 0 Å². The summed E-state index contributed by atoms with van der Waals surface area (Å²) in [6.07, 6.45) is 3.15. The molecule has 1 aromatic heterocycles. The van der Waals surface area contributed by atoms with Gasteiger partial charge in [0.2, 0.25) is 0 Å². The smallest absolute Gasteiger partial charge is 0.356 e. The first-order chi connectivity index (χ1) is 9.20. The Morgan fingerprint density at radius 2 is 2.16 bits per heavy atom. The topological polar surface area (TPSA) is 55.1 Å². The van der Waals surface area contributed by atoms with Gasteiger partial charge in [0.25, 0.3) is 0 Å². The van der Waals surface area contributed by atoms with Crippen LogP contribution < -0.4 is 0 Å². The number of carboxylic acids is 1. The Balaban J connectivity index is 2.15. The highest BCUT2D eigenvalue weighted by molar-refractivity contribution is 5.85. The SMILES string of the molecule is CCc1ccccc1-n1nc(C(=O)O)cc1C1CC1. The Labute approximate surface area is 111 Å². The zero-order chi connectivity index (χ0) is 13.4. The Morgan fingerprint density at radius 3 is 2.79 bits per heavy atom. The van der Waals surface area contributed by atoms with Crippen molar-refractivity contribution in [3.05, 3.63) is 47.3 Å². The Morgan fingerprint density at radius 1 is 1.42 bits per heavy atom. The summed E-state index contributed by atoms with van der Waals surface area (Å²) in [6, 6.07) is 9.75. The molecule has 0 aliphatic heterocycles. The number of carboxylic acid groups (broad SMARTS) is 1. The summed E-state index contributed by atoms with van der Waals surface area (Å²) in [5.41, 5.74) is 3.34. The molecule has 0 atom stereocenters. The van der Waals surface area contributed by atoms with Crippen molar-refractivity contribution < 1.29 is 9.90 Å². The Kier molecular flexibility index (Phi) is 2.85. The van der Waals surface area contributed by atoms with Gasteiger partial charge >= 0.3 is 5.97 Å². The normalized spacial score (nSPS) is 14.6. The fourth-order valence-electron chi connectivity index (χ4n) is 2.38. The van der Waals surface area contributed by atoms with E-state index in [0.717, 1.165) is 30.6 Å². The van der Waals surface area contributed by atoms with Crippen LogP contribution in [0, 0.1) is 0 Å². The van der Waals surface area contributed by atoms with Gasteiger partial charge in [0.05, 0.1) is 5.69 Å². The monoisotopic (exact) mass is 256 g/mol. The lowest BCUT2D eigenvalue weighted by atomic mass is 10.1. The zero-order valence-corrected chi connectivity index (χ0v) is 10.8. The van der Waals surface area contributed by atoms with Crippen molar-refractivity contribution in [2.75, 3.05) is 0 Å². The number of aryl methyl sites for hydroxylation is 1. The Hall–Kier alpha value is -2.10. The average Bonchev–Trinajstić information content (AvgIpc) is 3.17. The molecule has 1 aliphatic carbocycles. The van der Waals surface area contributed by atoms with Gasteiger partial charge in [-0.05, 0) is 37.0 Å². The van der Waals surface area contributed by atoms with Crippen molar-refractivity contribution >= 4 is 5.97 Å². The molecule has 1 N–H and O–H groups in total. The molecule has 1 heterocycles. The standard InChI is InChI=1S/C15H16N2O2/c1-2-10-5-3-4-6-13(10)17-14(11-7-8-11)9-12(16-17)15(18)19/h3-6,9,11H,2,7-8H2,1H3,(H,18,19). The fraction of sp³-hybridized carbons (Fsp3) is 0.333. The first-order valence-electron chi connectivity index (χ1n) is 6.62. The molecule has 0 radical (unpaired) electrons. The molecule has 1 saturated carbocycles. The molecule has 4 nitrogen and oxygen atoms in total. The van der Waals surface area contributed by atoms with Crippen LogP contribution in [-0.2, 0) is 6.42 Å². The number of benzene rings is 1. The summed E-state index contributed by atoms with van der Waals surface area (Å²) in [5, 5.41) is 13.4. The number of carbonyl (C=O) groups is 1. The highest BCUT2D eigenvalue weighted by atomic mass is 16.4. The molecule has 0 unspecified atom stereocenters. The molecular formula is C15H16N2O2. The number of para-hydroxylation sites is 1. The summed E-state index contributed by atoms with van der Waals surface area (Å²) in [5.74, 6) is -0.500. The lowest BCUT2D eigenvalue weighted by molar-refractivity contribution is 0.0690. The molecule has 19 heavy (non-hydrogen) atoms. The molecule has 1 aromatic carbocycles. The van der Waals surface area contributed by atoms with E-state index < -0.39 is 5.97 Å². The number of hydrogen-bond donors (Lipinski definition) is 1. The van der Waals surface area contributed by atoms with Gasteiger partial charge in [0.15, 0.2) is 5.69 Å². The van der Waals surface area contributed by atoms with E-state index in [1.807, 2.05) is 22.9 Å². The highest BCUT2D eigenvalue weighted by Crippen LogP contribution is 2.41. The van der Waals surface area contributed by atoms with E-state index in [0.29, 0.717) is 5.92 Å². The van der Waals surface area contributed by atoms with Crippen LogP contribution in [0.15, 0.2) is 30.3 Å². The van der Waals surface area contributed by atoms with Crippen LogP contribution in [0.5, 0.6) is 0 Å². The molecular weight excluding hydrogens is 240 g/mol. The first kappa shape index (κ1) is 12.0. The predicted octanol–water partition coefficient (Wildman–Crippen LogP) is 3.01. The molecule has 3 rings (SSSR count). The molecule has 0 saturated heterocycles. The summed E-state index contributed by atoms with van der Waals surface area (Å²) < 4.78 is 1.82. The van der Waals surface area contributed by atoms with Gasteiger partial charge in [-0.1, -0.05) is 25.1 Å². The van der Waals surface area contributed by atoms with Gasteiger partial charge in [0, 0.05) is 11.6 Å². The Bertz CT molecular complexity index is 627. The van der Waals surface area contributed by atoms with Gasteiger partial charge < -0.3 is 5.11 Å². The minimum Gasteiger partial charge on any atom is -0.476 e. The number of hydrogen-bond acceptors (Lipinski definition) is 2. The average molecular weight is 256 g/mol. The van der Waals surface area contributed by atoms with Crippen molar-refractivity contribution in [2.24, 2.45) is 0 Å². The number of nitrogens with zero attached hydrogens (tertiary/aromatic N) is 2. The second-order valence-corrected chi connectivity index (χ2v) is 4.93. The third-order valence-electron chi connectivity index (χ3n) is 3.55. The summed E-state index contributed by atoms with van der Waals surface area (Å²) >= 11 is 0. The molecule has 0 amide bonds. The molecule has 4 heteroatoms. The molecule has 98 valence electrons. The van der Waals surface area contributed by atoms with E-state index in [4.69, 9.17) is 5.11 Å². The second kappa shape index (κ2) is 4.53. The van der Waals surface area contributed by atoms with Crippen molar-refractivity contribution in [2.45, 2.75) is 32.1 Å². The quantitative estimate of drug-likeness (QED) is 0.914. The lowest BCUT2D eigenvalue weighted by Crippen LogP contribution is -2.06. The van der Waals surface area contributed by atoms with Crippen LogP contribution in [0.3, 0.4) is 0 Å². The van der Waals surface area contributed by atoms with Crippen LogP contribution in [0.25, 0.3) is 5.69 Å². The van der Waals surface area contributed by atoms with E-state index >= 15 is 0 Å². The van der Waals surface area contributed by atoms with Gasteiger partial charge in [-0.2, -0.15) is 5.10 Å². The summed E-state index contributed by atoms with van der Waals surface area (Å²) in [4.78, 5) is 11.1. The predicted molar refractivity (Wildman–Crippen MR) is 71.9 cm³/mol. The van der Waals surface area contributed by atoms with Gasteiger partial charge in [0.1, 0.15) is 0 Å². The maximum atomic E-state index is 11.1. The van der Waals surface area contributed by atoms with Crippen molar-refractivity contribution in [1.82, 2.24) is 9.78 Å². The van der Waals surface area contributed by atoms with E-state index in [9.17, 15) is 4.79 Å². The van der Waals surface area contributed by atoms with E-state index in [2.05, 4.69) is 18.1 Å². The van der Waals surface area contributed by atoms with Gasteiger partial charge in [-0.15, -0.1) is 0 Å². The molecule has 1 aliphatic rings. The number of aromatic nitrogens is 2. The number of aromatic carboxylic acids is 1. The summed E-state index contributed by atoms with van der Waals surface area (Å²) in [7, 11) is 0. The van der Waals surface area contributed by atoms with Crippen LogP contribution in [-0.4, -0.2) is 20.9 Å². The fourth-order valence-corrected chi connectivity index (χ4v) is 2.38. The van der Waals surface area contributed by atoms with Crippen LogP contribution in [0.2, 0.25) is 0 Å². The van der Waals surface area contributed by atoms with E-state index in [1.165, 1.54) is 5.56 Å². The molecule has 0 bridgehead atoms. The lowest BCUT2D eigenvalue weighted by Gasteiger charge is -2.10. The van der Waals surface area contributed by atoms with Gasteiger partial charge in [-0.3, -0.25) is 0 Å². The maximum absolute atomic E-state index is 11.1.